The van der Waals surface area contributed by atoms with E-state index in [4.69, 9.17) is 0 Å². The molecule has 0 atom stereocenters. The molecule has 0 spiro atoms. The van der Waals surface area contributed by atoms with E-state index in [1.807, 2.05) is 0 Å². The molecule has 0 heterocycles. The van der Waals surface area contributed by atoms with Crippen LogP contribution >= 0.6 is 0 Å². The van der Waals surface area contributed by atoms with Gasteiger partial charge in [-0.3, -0.25) is 9.79 Å². The first-order chi connectivity index (χ1) is 8.97. The van der Waals surface area contributed by atoms with E-state index in [2.05, 4.69) is 29.5 Å². The van der Waals surface area contributed by atoms with E-state index in [0.29, 0.717) is 13.0 Å². The molecule has 19 heavy (non-hydrogen) atoms. The minimum Gasteiger partial charge on any atom is -0.356 e. The Balaban J connectivity index is 3.65. The molecule has 0 rings (SSSR count). The third kappa shape index (κ3) is 10.4. The van der Waals surface area contributed by atoms with Crippen LogP contribution in [0.25, 0.3) is 0 Å². The van der Waals surface area contributed by atoms with E-state index in [1.54, 1.807) is 26.0 Å². The number of amides is 1. The summed E-state index contributed by atoms with van der Waals surface area (Å²) < 4.78 is 0. The number of nitrogens with one attached hydrogen (secondary N) is 2. The average Bonchev–Trinajstić information content (AvgIpc) is 2.35. The van der Waals surface area contributed by atoms with E-state index in [-0.39, 0.29) is 5.91 Å². The maximum absolute atomic E-state index is 11.4. The van der Waals surface area contributed by atoms with Gasteiger partial charge in [0.1, 0.15) is 0 Å². The van der Waals surface area contributed by atoms with Crippen LogP contribution in [-0.2, 0) is 4.79 Å². The van der Waals surface area contributed by atoms with E-state index < -0.39 is 0 Å². The fraction of sp³-hybridized carbons (Fsp3) is 0.857. The maximum atomic E-state index is 11.4. The number of unbranched alkanes of at least 4 members (excludes halogenated alkanes) is 1. The van der Waals surface area contributed by atoms with Crippen molar-refractivity contribution in [1.82, 2.24) is 15.5 Å². The summed E-state index contributed by atoms with van der Waals surface area (Å²) in [6.45, 7) is 6.03. The number of aliphatic imine (C=N–C) groups is 1. The van der Waals surface area contributed by atoms with Crippen molar-refractivity contribution in [1.29, 1.82) is 0 Å². The summed E-state index contributed by atoms with van der Waals surface area (Å²) in [5, 5.41) is 6.41. The van der Waals surface area contributed by atoms with Crippen LogP contribution in [0, 0.1) is 5.92 Å². The number of carbonyl (C=O) groups is 1. The van der Waals surface area contributed by atoms with Crippen molar-refractivity contribution in [2.45, 2.75) is 39.5 Å². The zero-order valence-corrected chi connectivity index (χ0v) is 13.1. The fourth-order valence-electron chi connectivity index (χ4n) is 1.62. The summed E-state index contributed by atoms with van der Waals surface area (Å²) in [4.78, 5) is 17.1. The Hall–Kier alpha value is -1.26. The van der Waals surface area contributed by atoms with Crippen LogP contribution in [0.5, 0.6) is 0 Å². The average molecular weight is 270 g/mol. The highest BCUT2D eigenvalue weighted by atomic mass is 16.2. The number of hydrogen-bond donors (Lipinski definition) is 2. The quantitative estimate of drug-likeness (QED) is 0.399. The third-order valence-corrected chi connectivity index (χ3v) is 2.85. The minimum absolute atomic E-state index is 0.125. The molecule has 0 saturated heterocycles. The molecule has 0 aromatic rings. The fourth-order valence-corrected chi connectivity index (χ4v) is 1.62. The topological polar surface area (TPSA) is 56.7 Å². The molecular weight excluding hydrogens is 240 g/mol. The predicted molar refractivity (Wildman–Crippen MR) is 81.4 cm³/mol. The minimum atomic E-state index is 0.125. The van der Waals surface area contributed by atoms with Crippen molar-refractivity contribution in [3.63, 3.8) is 0 Å². The van der Waals surface area contributed by atoms with Crippen molar-refractivity contribution in [2.24, 2.45) is 10.9 Å². The van der Waals surface area contributed by atoms with Gasteiger partial charge in [-0.25, -0.2) is 0 Å². The lowest BCUT2D eigenvalue weighted by atomic mass is 10.1. The lowest BCUT2D eigenvalue weighted by Gasteiger charge is -2.13. The Morgan fingerprint density at radius 2 is 1.79 bits per heavy atom. The zero-order valence-electron chi connectivity index (χ0n) is 13.1. The molecule has 0 aromatic heterocycles. The number of hydrogen-bond acceptors (Lipinski definition) is 2. The van der Waals surface area contributed by atoms with Crippen molar-refractivity contribution >= 4 is 11.9 Å². The Labute approximate surface area is 117 Å². The van der Waals surface area contributed by atoms with Crippen LogP contribution in [0.4, 0.5) is 0 Å². The highest BCUT2D eigenvalue weighted by Gasteiger charge is 2.04. The van der Waals surface area contributed by atoms with Gasteiger partial charge in [0.2, 0.25) is 5.91 Å². The highest BCUT2D eigenvalue weighted by Crippen LogP contribution is 2.04. The van der Waals surface area contributed by atoms with E-state index >= 15 is 0 Å². The normalized spacial score (nSPS) is 11.6. The second kappa shape index (κ2) is 10.6. The lowest BCUT2D eigenvalue weighted by Crippen LogP contribution is -2.39. The molecular formula is C14H30N4O. The molecule has 5 nitrogen and oxygen atoms in total. The molecule has 0 aromatic carbocycles. The van der Waals surface area contributed by atoms with Gasteiger partial charge in [-0.2, -0.15) is 0 Å². The number of guanidine groups is 1. The molecule has 0 bridgehead atoms. The number of carbonyl (C=O) groups excluding carboxylic acids is 1. The molecule has 0 fully saturated rings. The van der Waals surface area contributed by atoms with Crippen molar-refractivity contribution in [2.75, 3.05) is 34.2 Å². The molecule has 0 radical (unpaired) electrons. The summed E-state index contributed by atoms with van der Waals surface area (Å²) >= 11 is 0. The maximum Gasteiger partial charge on any atom is 0.223 e. The molecule has 5 heteroatoms. The van der Waals surface area contributed by atoms with Crippen molar-refractivity contribution in [3.05, 3.63) is 0 Å². The van der Waals surface area contributed by atoms with Crippen LogP contribution in [0.15, 0.2) is 4.99 Å². The first-order valence-electron chi connectivity index (χ1n) is 7.12. The Morgan fingerprint density at radius 1 is 1.16 bits per heavy atom. The van der Waals surface area contributed by atoms with E-state index in [1.165, 1.54) is 12.8 Å². The smallest absolute Gasteiger partial charge is 0.223 e. The lowest BCUT2D eigenvalue weighted by molar-refractivity contribution is -0.128. The van der Waals surface area contributed by atoms with Crippen LogP contribution < -0.4 is 10.6 Å². The Bertz CT molecular complexity index is 275. The van der Waals surface area contributed by atoms with Gasteiger partial charge in [0.25, 0.3) is 0 Å². The molecule has 0 unspecified atom stereocenters. The second-order valence-corrected chi connectivity index (χ2v) is 5.35. The van der Waals surface area contributed by atoms with Gasteiger partial charge in [0, 0.05) is 40.7 Å². The molecule has 0 aliphatic carbocycles. The molecule has 0 saturated carbocycles. The summed E-state index contributed by atoms with van der Waals surface area (Å²) in [5.41, 5.74) is 0. The monoisotopic (exact) mass is 270 g/mol. The SMILES string of the molecule is CN=C(NCCCCC(C)C)NCCC(=O)N(C)C. The van der Waals surface area contributed by atoms with Gasteiger partial charge < -0.3 is 15.5 Å². The summed E-state index contributed by atoms with van der Waals surface area (Å²) in [5.74, 6) is 1.67. The van der Waals surface area contributed by atoms with Gasteiger partial charge in [-0.15, -0.1) is 0 Å². The van der Waals surface area contributed by atoms with Crippen LogP contribution in [0.1, 0.15) is 39.5 Å². The van der Waals surface area contributed by atoms with Gasteiger partial charge in [-0.1, -0.05) is 26.7 Å². The first kappa shape index (κ1) is 17.7. The van der Waals surface area contributed by atoms with Gasteiger partial charge in [-0.05, 0) is 12.3 Å². The highest BCUT2D eigenvalue weighted by molar-refractivity contribution is 5.81. The molecule has 1 amide bonds. The second-order valence-electron chi connectivity index (χ2n) is 5.35. The van der Waals surface area contributed by atoms with Crippen LogP contribution in [0.3, 0.4) is 0 Å². The Kier molecular flexibility index (Phi) is 9.94. The van der Waals surface area contributed by atoms with Crippen molar-refractivity contribution < 1.29 is 4.79 Å². The largest absolute Gasteiger partial charge is 0.356 e. The predicted octanol–water partition coefficient (Wildman–Crippen LogP) is 1.46. The van der Waals surface area contributed by atoms with E-state index in [9.17, 15) is 4.79 Å². The summed E-state index contributed by atoms with van der Waals surface area (Å²) in [6.07, 6.45) is 4.14. The van der Waals surface area contributed by atoms with Gasteiger partial charge in [0.15, 0.2) is 5.96 Å². The first-order valence-corrected chi connectivity index (χ1v) is 7.12. The van der Waals surface area contributed by atoms with Crippen LogP contribution in [-0.4, -0.2) is 51.0 Å². The van der Waals surface area contributed by atoms with E-state index in [0.717, 1.165) is 24.8 Å². The van der Waals surface area contributed by atoms with Gasteiger partial charge in [0.05, 0.1) is 0 Å². The van der Waals surface area contributed by atoms with Crippen molar-refractivity contribution in [3.8, 4) is 0 Å². The molecule has 0 aliphatic heterocycles. The summed E-state index contributed by atoms with van der Waals surface area (Å²) in [7, 11) is 5.28. The third-order valence-electron chi connectivity index (χ3n) is 2.85. The number of nitrogens with zero attached hydrogens (tertiary/aromatic N) is 2. The summed E-state index contributed by atoms with van der Waals surface area (Å²) in [6, 6.07) is 0. The molecule has 2 N–H and O–H groups in total. The van der Waals surface area contributed by atoms with Gasteiger partial charge >= 0.3 is 0 Å². The zero-order chi connectivity index (χ0) is 14.7. The van der Waals surface area contributed by atoms with Crippen LogP contribution in [0.2, 0.25) is 0 Å². The standard InChI is InChI=1S/C14H30N4O/c1-12(2)8-6-7-10-16-14(15-3)17-11-9-13(19)18(4)5/h12H,6-11H2,1-5H3,(H2,15,16,17). The Morgan fingerprint density at radius 3 is 2.32 bits per heavy atom. The molecule has 112 valence electrons. The number of rotatable bonds is 8. The molecule has 0 aliphatic rings.